The molecule has 0 aromatic carbocycles. The molecule has 0 aliphatic carbocycles. The van der Waals surface area contributed by atoms with Gasteiger partial charge in [0.25, 0.3) is 0 Å². The lowest BCUT2D eigenvalue weighted by Crippen LogP contribution is -2.55. The predicted molar refractivity (Wildman–Crippen MR) is 74.6 cm³/mol. The molecule has 1 fully saturated rings. The first-order valence-corrected chi connectivity index (χ1v) is 7.34. The molecule has 110 valence electrons. The summed E-state index contributed by atoms with van der Waals surface area (Å²) in [5, 5.41) is 14.5. The standard InChI is InChI=1S/C12H18N4O3S/c1-9(11(17)18)15-3-5-16(6-4-15)12(19)14-8-10-13-2-7-20-10/h2,7,9H,3-6,8H2,1H3,(H,14,19)(H,17,18). The lowest BCUT2D eigenvalue weighted by molar-refractivity contribution is -0.143. The second-order valence-electron chi connectivity index (χ2n) is 4.62. The Morgan fingerprint density at radius 2 is 2.15 bits per heavy atom. The monoisotopic (exact) mass is 298 g/mol. The Balaban J connectivity index is 1.75. The topological polar surface area (TPSA) is 85.8 Å². The van der Waals surface area contributed by atoms with Gasteiger partial charge in [-0.25, -0.2) is 9.78 Å². The average molecular weight is 298 g/mol. The number of nitrogens with zero attached hydrogens (tertiary/aromatic N) is 3. The van der Waals surface area contributed by atoms with Gasteiger partial charge >= 0.3 is 12.0 Å². The van der Waals surface area contributed by atoms with Crippen molar-refractivity contribution in [1.82, 2.24) is 20.1 Å². The van der Waals surface area contributed by atoms with Crippen molar-refractivity contribution >= 4 is 23.3 Å². The van der Waals surface area contributed by atoms with Crippen LogP contribution in [0.4, 0.5) is 4.79 Å². The van der Waals surface area contributed by atoms with Crippen LogP contribution in [0.5, 0.6) is 0 Å². The number of rotatable bonds is 4. The number of amides is 2. The van der Waals surface area contributed by atoms with E-state index in [-0.39, 0.29) is 6.03 Å². The Kier molecular flexibility index (Phi) is 4.91. The highest BCUT2D eigenvalue weighted by Gasteiger charge is 2.26. The van der Waals surface area contributed by atoms with Crippen LogP contribution < -0.4 is 5.32 Å². The molecular weight excluding hydrogens is 280 g/mol. The van der Waals surface area contributed by atoms with E-state index in [0.29, 0.717) is 32.7 Å². The molecule has 7 nitrogen and oxygen atoms in total. The molecule has 1 atom stereocenters. The molecule has 0 bridgehead atoms. The molecular formula is C12H18N4O3S. The van der Waals surface area contributed by atoms with Crippen molar-refractivity contribution in [2.24, 2.45) is 0 Å². The van der Waals surface area contributed by atoms with Crippen molar-refractivity contribution in [3.63, 3.8) is 0 Å². The van der Waals surface area contributed by atoms with Crippen molar-refractivity contribution in [2.45, 2.75) is 19.5 Å². The fourth-order valence-corrected chi connectivity index (χ4v) is 2.63. The maximum atomic E-state index is 12.0. The first-order chi connectivity index (χ1) is 9.58. The van der Waals surface area contributed by atoms with Gasteiger partial charge in [-0.1, -0.05) is 0 Å². The highest BCUT2D eigenvalue weighted by molar-refractivity contribution is 7.09. The summed E-state index contributed by atoms with van der Waals surface area (Å²) in [5.74, 6) is -0.827. The minimum absolute atomic E-state index is 0.122. The molecule has 1 saturated heterocycles. The Morgan fingerprint density at radius 1 is 1.45 bits per heavy atom. The van der Waals surface area contributed by atoms with E-state index >= 15 is 0 Å². The predicted octanol–water partition coefficient (Wildman–Crippen LogP) is 0.443. The fraction of sp³-hybridized carbons (Fsp3) is 0.583. The van der Waals surface area contributed by atoms with Gasteiger partial charge in [-0.3, -0.25) is 9.69 Å². The molecule has 20 heavy (non-hydrogen) atoms. The highest BCUT2D eigenvalue weighted by atomic mass is 32.1. The quantitative estimate of drug-likeness (QED) is 0.842. The normalized spacial score (nSPS) is 17.8. The molecule has 0 radical (unpaired) electrons. The number of urea groups is 1. The lowest BCUT2D eigenvalue weighted by atomic mass is 10.2. The van der Waals surface area contributed by atoms with Gasteiger partial charge in [0.1, 0.15) is 11.0 Å². The summed E-state index contributed by atoms with van der Waals surface area (Å²) >= 11 is 1.50. The second kappa shape index (κ2) is 6.67. The number of carbonyl (C=O) groups excluding carboxylic acids is 1. The van der Waals surface area contributed by atoms with Crippen molar-refractivity contribution in [2.75, 3.05) is 26.2 Å². The Bertz CT molecular complexity index is 457. The molecule has 2 N–H and O–H groups in total. The van der Waals surface area contributed by atoms with Crippen LogP contribution in [0.3, 0.4) is 0 Å². The SMILES string of the molecule is CC(C(=O)O)N1CCN(C(=O)NCc2nccs2)CC1. The van der Waals surface area contributed by atoms with Gasteiger partial charge in [-0.2, -0.15) is 0 Å². The Morgan fingerprint density at radius 3 is 2.70 bits per heavy atom. The molecule has 1 aromatic rings. The van der Waals surface area contributed by atoms with Crippen molar-refractivity contribution in [3.05, 3.63) is 16.6 Å². The lowest BCUT2D eigenvalue weighted by Gasteiger charge is -2.36. The number of nitrogens with one attached hydrogen (secondary N) is 1. The van der Waals surface area contributed by atoms with Crippen molar-refractivity contribution in [1.29, 1.82) is 0 Å². The number of carbonyl (C=O) groups is 2. The van der Waals surface area contributed by atoms with Crippen LogP contribution in [-0.2, 0) is 11.3 Å². The maximum Gasteiger partial charge on any atom is 0.320 e. The third-order valence-corrected chi connectivity index (χ3v) is 4.16. The van der Waals surface area contributed by atoms with E-state index in [1.807, 2.05) is 10.3 Å². The van der Waals surface area contributed by atoms with Gasteiger partial charge in [0.15, 0.2) is 0 Å². The number of piperazine rings is 1. The summed E-state index contributed by atoms with van der Waals surface area (Å²) in [7, 11) is 0. The molecule has 1 aromatic heterocycles. The number of carboxylic acid groups (broad SMARTS) is 1. The molecule has 2 amide bonds. The summed E-state index contributed by atoms with van der Waals surface area (Å²) in [6.45, 7) is 4.35. The Hall–Kier alpha value is -1.67. The molecule has 0 spiro atoms. The van der Waals surface area contributed by atoms with Crippen LogP contribution in [0.2, 0.25) is 0 Å². The first-order valence-electron chi connectivity index (χ1n) is 6.46. The first kappa shape index (κ1) is 14.7. The van der Waals surface area contributed by atoms with Crippen LogP contribution in [0.15, 0.2) is 11.6 Å². The third kappa shape index (κ3) is 3.67. The zero-order chi connectivity index (χ0) is 14.5. The smallest absolute Gasteiger partial charge is 0.320 e. The molecule has 1 aliphatic heterocycles. The average Bonchev–Trinajstić information content (AvgIpc) is 2.97. The third-order valence-electron chi connectivity index (χ3n) is 3.38. The van der Waals surface area contributed by atoms with Gasteiger partial charge in [0.2, 0.25) is 0 Å². The number of hydrogen-bond donors (Lipinski definition) is 2. The van der Waals surface area contributed by atoms with E-state index in [9.17, 15) is 9.59 Å². The minimum atomic E-state index is -0.827. The number of thiazole rings is 1. The molecule has 1 aliphatic rings. The van der Waals surface area contributed by atoms with Crippen LogP contribution in [0, 0.1) is 0 Å². The molecule has 8 heteroatoms. The van der Waals surface area contributed by atoms with Crippen molar-refractivity contribution in [3.8, 4) is 0 Å². The molecule has 2 heterocycles. The number of carboxylic acids is 1. The second-order valence-corrected chi connectivity index (χ2v) is 5.60. The van der Waals surface area contributed by atoms with Gasteiger partial charge in [0, 0.05) is 37.8 Å². The summed E-state index contributed by atoms with van der Waals surface area (Å²) in [5.41, 5.74) is 0. The number of aliphatic carboxylic acids is 1. The molecule has 2 rings (SSSR count). The largest absolute Gasteiger partial charge is 0.480 e. The maximum absolute atomic E-state index is 12.0. The van der Waals surface area contributed by atoms with Crippen LogP contribution in [0.25, 0.3) is 0 Å². The van der Waals surface area contributed by atoms with E-state index in [2.05, 4.69) is 10.3 Å². The minimum Gasteiger partial charge on any atom is -0.480 e. The highest BCUT2D eigenvalue weighted by Crippen LogP contribution is 2.08. The zero-order valence-corrected chi connectivity index (χ0v) is 12.1. The fourth-order valence-electron chi connectivity index (χ4n) is 2.07. The van der Waals surface area contributed by atoms with E-state index in [1.54, 1.807) is 18.0 Å². The van der Waals surface area contributed by atoms with E-state index in [0.717, 1.165) is 5.01 Å². The van der Waals surface area contributed by atoms with Gasteiger partial charge in [0.05, 0.1) is 6.54 Å². The molecule has 1 unspecified atom stereocenters. The van der Waals surface area contributed by atoms with E-state index in [4.69, 9.17) is 5.11 Å². The van der Waals surface area contributed by atoms with Gasteiger partial charge in [-0.05, 0) is 6.92 Å². The van der Waals surface area contributed by atoms with Crippen molar-refractivity contribution < 1.29 is 14.7 Å². The summed E-state index contributed by atoms with van der Waals surface area (Å²) < 4.78 is 0. The van der Waals surface area contributed by atoms with Crippen LogP contribution in [-0.4, -0.2) is 64.1 Å². The number of hydrogen-bond acceptors (Lipinski definition) is 5. The Labute approximate surface area is 121 Å². The van der Waals surface area contributed by atoms with Gasteiger partial charge < -0.3 is 15.3 Å². The van der Waals surface area contributed by atoms with E-state index in [1.165, 1.54) is 11.3 Å². The van der Waals surface area contributed by atoms with Crippen LogP contribution >= 0.6 is 11.3 Å². The van der Waals surface area contributed by atoms with E-state index < -0.39 is 12.0 Å². The number of aromatic nitrogens is 1. The summed E-state index contributed by atoms with van der Waals surface area (Å²) in [6, 6.07) is -0.627. The van der Waals surface area contributed by atoms with Crippen LogP contribution in [0.1, 0.15) is 11.9 Å². The molecule has 0 saturated carbocycles. The summed E-state index contributed by atoms with van der Waals surface area (Å²) in [4.78, 5) is 30.5. The summed E-state index contributed by atoms with van der Waals surface area (Å²) in [6.07, 6.45) is 1.71. The van der Waals surface area contributed by atoms with Gasteiger partial charge in [-0.15, -0.1) is 11.3 Å². The zero-order valence-electron chi connectivity index (χ0n) is 11.3.